The topological polar surface area (TPSA) is 114 Å². The number of ether oxygens (including phenoxy) is 2. The average Bonchev–Trinajstić information content (AvgIpc) is 3.06. The van der Waals surface area contributed by atoms with Crippen molar-refractivity contribution < 1.29 is 28.7 Å². The molecule has 1 aliphatic heterocycles. The number of carbonyl (C=O) groups excluding carboxylic acids is 4. The van der Waals surface area contributed by atoms with Gasteiger partial charge in [0.25, 0.3) is 5.91 Å². The number of nitrogens with zero attached hydrogens (tertiary/aromatic N) is 2. The van der Waals surface area contributed by atoms with E-state index in [-0.39, 0.29) is 29.9 Å². The van der Waals surface area contributed by atoms with Crippen molar-refractivity contribution in [3.63, 3.8) is 0 Å². The maximum Gasteiger partial charge on any atom is 0.344 e. The summed E-state index contributed by atoms with van der Waals surface area (Å²) in [7, 11) is 0. The Hall–Kier alpha value is -2.88. The molecule has 1 atom stereocenters. The van der Waals surface area contributed by atoms with Crippen LogP contribution in [0.25, 0.3) is 0 Å². The van der Waals surface area contributed by atoms with Crippen LogP contribution in [0.3, 0.4) is 0 Å². The predicted octanol–water partition coefficient (Wildman–Crippen LogP) is 2.46. The summed E-state index contributed by atoms with van der Waals surface area (Å²) in [4.78, 5) is 54.2. The van der Waals surface area contributed by atoms with Gasteiger partial charge in [-0.1, -0.05) is 17.8 Å². The van der Waals surface area contributed by atoms with Gasteiger partial charge in [-0.3, -0.25) is 9.59 Å². The van der Waals surface area contributed by atoms with Crippen LogP contribution in [-0.2, 0) is 23.9 Å². The largest absolute Gasteiger partial charge is 0.460 e. The third-order valence-electron chi connectivity index (χ3n) is 4.20. The van der Waals surface area contributed by atoms with E-state index in [1.807, 2.05) is 18.7 Å². The zero-order chi connectivity index (χ0) is 23.0. The highest BCUT2D eigenvalue weighted by Crippen LogP contribution is 2.27. The van der Waals surface area contributed by atoms with Crippen LogP contribution in [-0.4, -0.2) is 64.9 Å². The minimum atomic E-state index is -0.712. The van der Waals surface area contributed by atoms with Crippen LogP contribution in [0, 0.1) is 0 Å². The fraction of sp³-hybridized carbons (Fsp3) is 0.476. The van der Waals surface area contributed by atoms with Gasteiger partial charge in [-0.05, 0) is 45.9 Å². The van der Waals surface area contributed by atoms with Crippen LogP contribution in [0.2, 0.25) is 0 Å². The van der Waals surface area contributed by atoms with Crippen molar-refractivity contribution in [2.75, 3.05) is 25.0 Å². The lowest BCUT2D eigenvalue weighted by Crippen LogP contribution is -2.27. The number of esters is 2. The summed E-state index contributed by atoms with van der Waals surface area (Å²) in [6, 6.07) is 6.14. The standard InChI is InChI=1S/C21H27N3O6S/c1-5-24(6-2)21-23-19(27)16(31-21)11-17(25)22-15-9-7-8-14(10-15)20(28)29-12-18(26)30-13(3)4/h7-10,13,16H,5-6,11-12H2,1-4H3,(H,22,25). The van der Waals surface area contributed by atoms with Gasteiger partial charge >= 0.3 is 11.9 Å². The van der Waals surface area contributed by atoms with Crippen LogP contribution >= 0.6 is 11.8 Å². The molecule has 0 aromatic heterocycles. The Balaban J connectivity index is 1.90. The first kappa shape index (κ1) is 24.4. The van der Waals surface area contributed by atoms with Gasteiger partial charge in [-0.25, -0.2) is 9.59 Å². The lowest BCUT2D eigenvalue weighted by molar-refractivity contribution is -0.151. The summed E-state index contributed by atoms with van der Waals surface area (Å²) in [5.41, 5.74) is 0.554. The van der Waals surface area contributed by atoms with Crippen LogP contribution in [0.5, 0.6) is 0 Å². The summed E-state index contributed by atoms with van der Waals surface area (Å²) in [5, 5.41) is 2.74. The lowest BCUT2D eigenvalue weighted by atomic mass is 10.2. The number of thioether (sulfide) groups is 1. The zero-order valence-corrected chi connectivity index (χ0v) is 18.9. The molecule has 0 saturated carbocycles. The van der Waals surface area contributed by atoms with Crippen molar-refractivity contribution in [1.29, 1.82) is 0 Å². The number of amides is 2. The number of hydrogen-bond acceptors (Lipinski definition) is 8. The molecule has 9 nitrogen and oxygen atoms in total. The van der Waals surface area contributed by atoms with Gasteiger partial charge in [-0.15, -0.1) is 0 Å². The van der Waals surface area contributed by atoms with Gasteiger partial charge < -0.3 is 19.7 Å². The minimum Gasteiger partial charge on any atom is -0.460 e. The van der Waals surface area contributed by atoms with Crippen molar-refractivity contribution in [3.8, 4) is 0 Å². The second kappa shape index (κ2) is 11.5. The first-order valence-electron chi connectivity index (χ1n) is 10.0. The molecule has 10 heteroatoms. The van der Waals surface area contributed by atoms with Crippen LogP contribution in [0.1, 0.15) is 44.5 Å². The molecule has 31 heavy (non-hydrogen) atoms. The Kier molecular flexibility index (Phi) is 9.04. The van der Waals surface area contributed by atoms with E-state index in [9.17, 15) is 19.2 Å². The SMILES string of the molecule is CCN(CC)C1=NC(=O)C(CC(=O)Nc2cccc(C(=O)OCC(=O)OC(C)C)c2)S1. The molecule has 2 rings (SSSR count). The van der Waals surface area contributed by atoms with Crippen LogP contribution in [0.15, 0.2) is 29.3 Å². The van der Waals surface area contributed by atoms with Crippen molar-refractivity contribution in [2.24, 2.45) is 4.99 Å². The monoisotopic (exact) mass is 449 g/mol. The highest BCUT2D eigenvalue weighted by Gasteiger charge is 2.32. The zero-order valence-electron chi connectivity index (χ0n) is 18.0. The number of amidine groups is 1. The smallest absolute Gasteiger partial charge is 0.344 e. The van der Waals surface area contributed by atoms with E-state index in [0.717, 1.165) is 13.1 Å². The fourth-order valence-corrected chi connectivity index (χ4v) is 3.94. The molecular formula is C21H27N3O6S. The summed E-state index contributed by atoms with van der Waals surface area (Å²) >= 11 is 1.28. The molecule has 1 aromatic rings. The number of rotatable bonds is 9. The molecule has 0 saturated heterocycles. The molecular weight excluding hydrogens is 422 g/mol. The van der Waals surface area contributed by atoms with Gasteiger partial charge in [0.1, 0.15) is 5.25 Å². The molecule has 0 spiro atoms. The number of anilines is 1. The van der Waals surface area contributed by atoms with Crippen LogP contribution in [0.4, 0.5) is 5.69 Å². The normalized spacial score (nSPS) is 15.5. The van der Waals surface area contributed by atoms with Gasteiger partial charge in [0, 0.05) is 25.2 Å². The average molecular weight is 450 g/mol. The van der Waals surface area contributed by atoms with Crippen molar-refractivity contribution in [1.82, 2.24) is 4.90 Å². The molecule has 0 aliphatic carbocycles. The Morgan fingerprint density at radius 3 is 2.58 bits per heavy atom. The van der Waals surface area contributed by atoms with Gasteiger partial charge in [-0.2, -0.15) is 4.99 Å². The van der Waals surface area contributed by atoms with E-state index in [1.54, 1.807) is 26.0 Å². The van der Waals surface area contributed by atoms with E-state index < -0.39 is 23.8 Å². The maximum atomic E-state index is 12.4. The van der Waals surface area contributed by atoms with Crippen molar-refractivity contribution in [2.45, 2.75) is 45.5 Å². The van der Waals surface area contributed by atoms with Crippen molar-refractivity contribution >= 4 is 46.4 Å². The Morgan fingerprint density at radius 2 is 1.94 bits per heavy atom. The Labute approximate surface area is 185 Å². The molecule has 168 valence electrons. The predicted molar refractivity (Wildman–Crippen MR) is 118 cm³/mol. The van der Waals surface area contributed by atoms with E-state index in [1.165, 1.54) is 23.9 Å². The summed E-state index contributed by atoms with van der Waals surface area (Å²) in [6.45, 7) is 8.30. The molecule has 1 unspecified atom stereocenters. The van der Waals surface area contributed by atoms with E-state index in [0.29, 0.717) is 10.9 Å². The first-order chi connectivity index (χ1) is 14.7. The summed E-state index contributed by atoms with van der Waals surface area (Å²) in [5.74, 6) is -2.05. The lowest BCUT2D eigenvalue weighted by Gasteiger charge is -2.19. The van der Waals surface area contributed by atoms with E-state index >= 15 is 0 Å². The Morgan fingerprint density at radius 1 is 1.23 bits per heavy atom. The molecule has 1 heterocycles. The summed E-state index contributed by atoms with van der Waals surface area (Å²) in [6.07, 6.45) is -0.337. The van der Waals surface area contributed by atoms with Gasteiger partial charge in [0.05, 0.1) is 11.7 Å². The molecule has 0 fully saturated rings. The second-order valence-electron chi connectivity index (χ2n) is 6.96. The highest BCUT2D eigenvalue weighted by atomic mass is 32.2. The maximum absolute atomic E-state index is 12.4. The molecule has 2 amide bonds. The molecule has 0 bridgehead atoms. The molecule has 1 N–H and O–H groups in total. The molecule has 1 aromatic carbocycles. The highest BCUT2D eigenvalue weighted by molar-refractivity contribution is 8.15. The third-order valence-corrected chi connectivity index (χ3v) is 5.42. The quantitative estimate of drug-likeness (QED) is 0.572. The third kappa shape index (κ3) is 7.39. The van der Waals surface area contributed by atoms with E-state index in [2.05, 4.69) is 10.3 Å². The van der Waals surface area contributed by atoms with Gasteiger partial charge in [0.2, 0.25) is 5.91 Å². The van der Waals surface area contributed by atoms with Crippen LogP contribution < -0.4 is 5.32 Å². The molecule has 0 radical (unpaired) electrons. The summed E-state index contributed by atoms with van der Waals surface area (Å²) < 4.78 is 9.84. The van der Waals surface area contributed by atoms with E-state index in [4.69, 9.17) is 9.47 Å². The number of carbonyl (C=O) groups is 4. The Bertz CT molecular complexity index is 866. The first-order valence-corrected chi connectivity index (χ1v) is 10.9. The van der Waals surface area contributed by atoms with Crippen molar-refractivity contribution in [3.05, 3.63) is 29.8 Å². The second-order valence-corrected chi connectivity index (χ2v) is 8.13. The fourth-order valence-electron chi connectivity index (χ4n) is 2.75. The number of nitrogens with one attached hydrogen (secondary N) is 1. The number of benzene rings is 1. The molecule has 1 aliphatic rings. The minimum absolute atomic E-state index is 0.0342. The van der Waals surface area contributed by atoms with Gasteiger partial charge in [0.15, 0.2) is 11.8 Å². The number of aliphatic imine (C=N–C) groups is 1. The number of hydrogen-bond donors (Lipinski definition) is 1.